The molecule has 0 amide bonds. The fourth-order valence-corrected chi connectivity index (χ4v) is 6.32. The molecule has 1 aromatic carbocycles. The Labute approximate surface area is 271 Å². The predicted octanol–water partition coefficient (Wildman–Crippen LogP) is 12.9. The quantitative estimate of drug-likeness (QED) is 0.0509. The Kier molecular flexibility index (Phi) is 25.0. The maximum Gasteiger partial charge on any atom is 0.511 e. The summed E-state index contributed by atoms with van der Waals surface area (Å²) in [5.41, 5.74) is 3.20. The van der Waals surface area contributed by atoms with Crippen LogP contribution < -0.4 is 9.47 Å². The van der Waals surface area contributed by atoms with Gasteiger partial charge >= 0.3 is 6.16 Å². The van der Waals surface area contributed by atoms with Crippen molar-refractivity contribution in [3.05, 3.63) is 16.7 Å². The first-order valence-electron chi connectivity index (χ1n) is 18.9. The third-order valence-corrected chi connectivity index (χ3v) is 8.98. The van der Waals surface area contributed by atoms with Crippen LogP contribution in [0.5, 0.6) is 17.2 Å². The minimum Gasteiger partial charge on any atom is -0.504 e. The molecule has 0 aliphatic carbocycles. The number of hydrogen-bond donors (Lipinski definition) is 2. The van der Waals surface area contributed by atoms with Crippen molar-refractivity contribution >= 4 is 6.16 Å². The summed E-state index contributed by atoms with van der Waals surface area (Å²) in [6.45, 7) is 9.41. The molecule has 0 bridgehead atoms. The zero-order chi connectivity index (χ0) is 32.3. The lowest BCUT2D eigenvalue weighted by Crippen LogP contribution is -2.12. The van der Waals surface area contributed by atoms with Crippen LogP contribution in [0.4, 0.5) is 4.79 Å². The van der Waals surface area contributed by atoms with Crippen molar-refractivity contribution in [3.8, 4) is 17.2 Å². The second-order valence-electron chi connectivity index (χ2n) is 13.0. The van der Waals surface area contributed by atoms with E-state index in [0.717, 1.165) is 81.8 Å². The van der Waals surface area contributed by atoms with Crippen molar-refractivity contribution in [2.75, 3.05) is 6.61 Å². The number of ether oxygens (including phenoxy) is 2. The van der Waals surface area contributed by atoms with Gasteiger partial charge in [-0.05, 0) is 50.5 Å². The van der Waals surface area contributed by atoms with E-state index in [2.05, 4.69) is 27.7 Å². The molecule has 1 rings (SSSR count). The molecule has 0 unspecified atom stereocenters. The summed E-state index contributed by atoms with van der Waals surface area (Å²) in [6.07, 6.45) is 29.7. The molecular formula is C39H70O5. The molecule has 0 heterocycles. The highest BCUT2D eigenvalue weighted by molar-refractivity contribution is 5.70. The Morgan fingerprint density at radius 1 is 0.477 bits per heavy atom. The van der Waals surface area contributed by atoms with Crippen LogP contribution in [0.15, 0.2) is 0 Å². The number of carboxylic acid groups (broad SMARTS) is 1. The van der Waals surface area contributed by atoms with Gasteiger partial charge in [-0.3, -0.25) is 0 Å². The number of phenolic OH excluding ortho intramolecular Hbond substituents is 1. The van der Waals surface area contributed by atoms with Gasteiger partial charge in [0, 0.05) is 11.1 Å². The highest BCUT2D eigenvalue weighted by Gasteiger charge is 2.27. The van der Waals surface area contributed by atoms with Gasteiger partial charge in [0.2, 0.25) is 5.75 Å². The smallest absolute Gasteiger partial charge is 0.504 e. The lowest BCUT2D eigenvalue weighted by atomic mass is 9.88. The highest BCUT2D eigenvalue weighted by atomic mass is 16.7. The van der Waals surface area contributed by atoms with E-state index in [9.17, 15) is 15.0 Å². The molecule has 0 saturated carbocycles. The molecule has 0 aliphatic rings. The average Bonchev–Trinajstić information content (AvgIpc) is 3.01. The van der Waals surface area contributed by atoms with Crippen molar-refractivity contribution in [1.82, 2.24) is 0 Å². The van der Waals surface area contributed by atoms with Gasteiger partial charge in [-0.1, -0.05) is 156 Å². The van der Waals surface area contributed by atoms with Crippen molar-refractivity contribution in [2.45, 2.75) is 201 Å². The summed E-state index contributed by atoms with van der Waals surface area (Å²) < 4.78 is 11.7. The molecule has 0 radical (unpaired) electrons. The predicted molar refractivity (Wildman–Crippen MR) is 187 cm³/mol. The molecule has 2 N–H and O–H groups in total. The van der Waals surface area contributed by atoms with Crippen molar-refractivity contribution in [3.63, 3.8) is 0 Å². The van der Waals surface area contributed by atoms with E-state index in [1.807, 2.05) is 0 Å². The number of unbranched alkanes of at least 4 members (excludes halogenated alkanes) is 20. The minimum absolute atomic E-state index is 0.00913. The molecule has 0 spiro atoms. The molecule has 1 aromatic rings. The molecule has 0 aliphatic heterocycles. The maximum absolute atomic E-state index is 11.9. The molecule has 44 heavy (non-hydrogen) atoms. The highest BCUT2D eigenvalue weighted by Crippen LogP contribution is 2.47. The Hall–Kier alpha value is -1.91. The molecule has 0 atom stereocenters. The van der Waals surface area contributed by atoms with Crippen LogP contribution in [0.25, 0.3) is 0 Å². The number of carbonyl (C=O) groups is 1. The van der Waals surface area contributed by atoms with Gasteiger partial charge in [-0.25, -0.2) is 4.79 Å². The van der Waals surface area contributed by atoms with Crippen LogP contribution in [0.1, 0.15) is 198 Å². The summed E-state index contributed by atoms with van der Waals surface area (Å²) in [4.78, 5) is 11.9. The van der Waals surface area contributed by atoms with Gasteiger partial charge in [0.25, 0.3) is 0 Å². The molecule has 256 valence electrons. The number of phenols is 1. The van der Waals surface area contributed by atoms with E-state index in [4.69, 9.17) is 9.47 Å². The Bertz CT molecular complexity index is 850. The number of aromatic hydroxyl groups is 1. The first kappa shape index (κ1) is 40.1. The van der Waals surface area contributed by atoms with Crippen molar-refractivity contribution < 1.29 is 24.5 Å². The molecule has 5 heteroatoms. The van der Waals surface area contributed by atoms with Gasteiger partial charge in [0.15, 0.2) is 11.5 Å². The van der Waals surface area contributed by atoms with Crippen molar-refractivity contribution in [1.29, 1.82) is 0 Å². The van der Waals surface area contributed by atoms with Crippen LogP contribution in [-0.2, 0) is 19.3 Å². The first-order chi connectivity index (χ1) is 21.5. The number of hydrogen-bond acceptors (Lipinski definition) is 4. The number of benzene rings is 1. The van der Waals surface area contributed by atoms with Gasteiger partial charge in [-0.15, -0.1) is 0 Å². The largest absolute Gasteiger partial charge is 0.511 e. The second-order valence-corrected chi connectivity index (χ2v) is 13.0. The zero-order valence-corrected chi connectivity index (χ0v) is 29.4. The molecule has 0 fully saturated rings. The lowest BCUT2D eigenvalue weighted by Gasteiger charge is -2.24. The summed E-state index contributed by atoms with van der Waals surface area (Å²) in [7, 11) is 0. The standard InChI is InChI=1S/C39H70O5/c1-5-9-13-16-19-22-25-29-33-34(30-26-23-20-17-14-10-6-2)36(40)38(44-39(41)42)37(43-32-28-12-8-4)35(33)31-27-24-21-18-15-11-7-3/h40H,5-32H2,1-4H3,(H,41,42). The van der Waals surface area contributed by atoms with E-state index in [-0.39, 0.29) is 11.5 Å². The Balaban J connectivity index is 3.33. The van der Waals surface area contributed by atoms with Gasteiger partial charge in [0.1, 0.15) is 0 Å². The van der Waals surface area contributed by atoms with Gasteiger partial charge in [-0.2, -0.15) is 0 Å². The average molecular weight is 619 g/mol. The van der Waals surface area contributed by atoms with Crippen LogP contribution in [0.3, 0.4) is 0 Å². The third kappa shape index (κ3) is 17.5. The normalized spacial score (nSPS) is 11.3. The van der Waals surface area contributed by atoms with Crippen LogP contribution in [0.2, 0.25) is 0 Å². The fraction of sp³-hybridized carbons (Fsp3) is 0.821. The van der Waals surface area contributed by atoms with Gasteiger partial charge < -0.3 is 19.7 Å². The maximum atomic E-state index is 11.9. The molecule has 0 saturated heterocycles. The molecule has 0 aromatic heterocycles. The van der Waals surface area contributed by atoms with E-state index >= 15 is 0 Å². The van der Waals surface area contributed by atoms with Crippen LogP contribution in [-0.4, -0.2) is 23.0 Å². The second kappa shape index (κ2) is 27.4. The zero-order valence-electron chi connectivity index (χ0n) is 29.4. The Morgan fingerprint density at radius 3 is 1.27 bits per heavy atom. The van der Waals surface area contributed by atoms with Crippen LogP contribution >= 0.6 is 0 Å². The van der Waals surface area contributed by atoms with Gasteiger partial charge in [0.05, 0.1) is 6.61 Å². The summed E-state index contributed by atoms with van der Waals surface area (Å²) in [5.74, 6) is 0.492. The lowest BCUT2D eigenvalue weighted by molar-refractivity contribution is 0.140. The Morgan fingerprint density at radius 2 is 0.841 bits per heavy atom. The molecular weight excluding hydrogens is 548 g/mol. The third-order valence-electron chi connectivity index (χ3n) is 8.98. The summed E-state index contributed by atoms with van der Waals surface area (Å²) in [6, 6.07) is 0. The van der Waals surface area contributed by atoms with E-state index in [1.165, 1.54) is 108 Å². The number of rotatable bonds is 30. The van der Waals surface area contributed by atoms with Crippen LogP contribution in [0, 0.1) is 0 Å². The SMILES string of the molecule is CCCCCCCCCc1c(O)c(OC(=O)O)c(OCCCCC)c(CCCCCCCCC)c1CCCCCCCCC. The first-order valence-corrected chi connectivity index (χ1v) is 18.9. The summed E-state index contributed by atoms with van der Waals surface area (Å²) >= 11 is 0. The van der Waals surface area contributed by atoms with Crippen molar-refractivity contribution in [2.24, 2.45) is 0 Å². The minimum atomic E-state index is -1.40. The summed E-state index contributed by atoms with van der Waals surface area (Å²) in [5, 5.41) is 21.3. The van der Waals surface area contributed by atoms with E-state index in [0.29, 0.717) is 12.4 Å². The monoisotopic (exact) mass is 619 g/mol. The topological polar surface area (TPSA) is 76.0 Å². The fourth-order valence-electron chi connectivity index (χ4n) is 6.32. The molecule has 5 nitrogen and oxygen atoms in total. The van der Waals surface area contributed by atoms with E-state index in [1.54, 1.807) is 0 Å². The van der Waals surface area contributed by atoms with E-state index < -0.39 is 6.16 Å².